The largest absolute Gasteiger partial charge is 0.366 e. The summed E-state index contributed by atoms with van der Waals surface area (Å²) in [4.78, 5) is 16.5. The Morgan fingerprint density at radius 1 is 1.08 bits per heavy atom. The van der Waals surface area contributed by atoms with Crippen molar-refractivity contribution < 1.29 is 4.79 Å². The molecule has 2 aromatic carbocycles. The molecule has 0 spiro atoms. The van der Waals surface area contributed by atoms with Crippen LogP contribution in [-0.2, 0) is 6.54 Å². The molecule has 0 unspecified atom stereocenters. The molecule has 6 heteroatoms. The Hall–Kier alpha value is -3.36. The molecule has 1 aromatic heterocycles. The van der Waals surface area contributed by atoms with E-state index in [1.54, 1.807) is 36.4 Å². The number of aromatic nitrogens is 1. The number of anilines is 2. The normalized spacial score (nSPS) is 10.0. The number of nitrogens with zero attached hydrogens (tertiary/aromatic N) is 2. The molecule has 1 amide bonds. The minimum Gasteiger partial charge on any atom is -0.366 e. The number of benzene rings is 2. The molecule has 3 aromatic rings. The molecule has 0 fully saturated rings. The van der Waals surface area contributed by atoms with Crippen molar-refractivity contribution in [3.05, 3.63) is 88.6 Å². The molecular weight excluding hydrogens is 348 g/mol. The highest BCUT2D eigenvalue weighted by Gasteiger charge is 2.07. The number of hydrogen-bond donors (Lipinski definition) is 2. The first-order chi connectivity index (χ1) is 12.7. The van der Waals surface area contributed by atoms with Gasteiger partial charge < -0.3 is 10.6 Å². The highest BCUT2D eigenvalue weighted by Crippen LogP contribution is 2.17. The Morgan fingerprint density at radius 2 is 1.85 bits per heavy atom. The van der Waals surface area contributed by atoms with Crippen LogP contribution in [0.5, 0.6) is 0 Å². The van der Waals surface area contributed by atoms with Gasteiger partial charge in [0.2, 0.25) is 0 Å². The van der Waals surface area contributed by atoms with E-state index in [1.807, 2.05) is 30.3 Å². The van der Waals surface area contributed by atoms with E-state index in [9.17, 15) is 4.79 Å². The Kier molecular flexibility index (Phi) is 5.47. The fourth-order valence-electron chi connectivity index (χ4n) is 2.29. The van der Waals surface area contributed by atoms with Crippen molar-refractivity contribution in [3.63, 3.8) is 0 Å². The van der Waals surface area contributed by atoms with E-state index in [2.05, 4.69) is 15.6 Å². The fourth-order valence-corrected chi connectivity index (χ4v) is 2.49. The number of carbonyl (C=O) groups is 1. The Balaban J connectivity index is 1.60. The van der Waals surface area contributed by atoms with Gasteiger partial charge in [0.25, 0.3) is 5.91 Å². The number of rotatable bonds is 5. The van der Waals surface area contributed by atoms with Crippen LogP contribution in [0.3, 0.4) is 0 Å². The smallest absolute Gasteiger partial charge is 0.257 e. The number of amides is 1. The molecular formula is C20H15ClN4O. The van der Waals surface area contributed by atoms with Gasteiger partial charge in [-0.15, -0.1) is 0 Å². The lowest BCUT2D eigenvalue weighted by Gasteiger charge is -2.08. The third-order valence-electron chi connectivity index (χ3n) is 3.72. The van der Waals surface area contributed by atoms with Crippen molar-refractivity contribution in [2.45, 2.75) is 6.54 Å². The summed E-state index contributed by atoms with van der Waals surface area (Å²) in [6.07, 6.45) is 1.51. The third-order valence-corrected chi connectivity index (χ3v) is 4.08. The second-order valence-corrected chi connectivity index (χ2v) is 5.93. The van der Waals surface area contributed by atoms with Gasteiger partial charge in [0.1, 0.15) is 5.82 Å². The van der Waals surface area contributed by atoms with Crippen LogP contribution in [-0.4, -0.2) is 10.9 Å². The predicted molar refractivity (Wildman–Crippen MR) is 102 cm³/mol. The molecule has 1 heterocycles. The summed E-state index contributed by atoms with van der Waals surface area (Å²) in [6.45, 7) is 0.545. The second kappa shape index (κ2) is 8.15. The lowest BCUT2D eigenvalue weighted by atomic mass is 10.2. The number of nitriles is 1. The minimum absolute atomic E-state index is 0.264. The summed E-state index contributed by atoms with van der Waals surface area (Å²) in [5, 5.41) is 15.4. The monoisotopic (exact) mass is 362 g/mol. The maximum Gasteiger partial charge on any atom is 0.257 e. The Labute approximate surface area is 156 Å². The van der Waals surface area contributed by atoms with Crippen LogP contribution in [0.15, 0.2) is 66.9 Å². The SMILES string of the molecule is N#Cc1ccc(NC(=O)c2ccc(NCc3ccccc3Cl)nc2)cc1. The van der Waals surface area contributed by atoms with Crippen molar-refractivity contribution in [2.24, 2.45) is 0 Å². The van der Waals surface area contributed by atoms with E-state index in [0.29, 0.717) is 34.2 Å². The summed E-state index contributed by atoms with van der Waals surface area (Å²) < 4.78 is 0. The molecule has 0 saturated heterocycles. The summed E-state index contributed by atoms with van der Waals surface area (Å²) in [5.74, 6) is 0.389. The molecule has 128 valence electrons. The number of hydrogen-bond acceptors (Lipinski definition) is 4. The topological polar surface area (TPSA) is 77.8 Å². The first-order valence-corrected chi connectivity index (χ1v) is 8.28. The van der Waals surface area contributed by atoms with Crippen molar-refractivity contribution in [1.29, 1.82) is 5.26 Å². The third kappa shape index (κ3) is 4.38. The van der Waals surface area contributed by atoms with Crippen molar-refractivity contribution in [2.75, 3.05) is 10.6 Å². The average molecular weight is 363 g/mol. The predicted octanol–water partition coefficient (Wildman–Crippen LogP) is 4.47. The lowest BCUT2D eigenvalue weighted by molar-refractivity contribution is 0.102. The second-order valence-electron chi connectivity index (χ2n) is 5.52. The van der Waals surface area contributed by atoms with Gasteiger partial charge in [0.05, 0.1) is 17.2 Å². The van der Waals surface area contributed by atoms with Crippen LogP contribution in [0, 0.1) is 11.3 Å². The van der Waals surface area contributed by atoms with Crippen LogP contribution in [0.1, 0.15) is 21.5 Å². The molecule has 0 aliphatic carbocycles. The molecule has 0 radical (unpaired) electrons. The minimum atomic E-state index is -0.264. The van der Waals surface area contributed by atoms with Gasteiger partial charge in [-0.1, -0.05) is 29.8 Å². The number of carbonyl (C=O) groups excluding carboxylic acids is 1. The summed E-state index contributed by atoms with van der Waals surface area (Å²) in [6, 6.07) is 19.7. The van der Waals surface area contributed by atoms with Gasteiger partial charge in [0.15, 0.2) is 0 Å². The fraction of sp³-hybridized carbons (Fsp3) is 0.0500. The highest BCUT2D eigenvalue weighted by molar-refractivity contribution is 6.31. The number of pyridine rings is 1. The van der Waals surface area contributed by atoms with E-state index in [-0.39, 0.29) is 5.91 Å². The molecule has 0 aliphatic heterocycles. The molecule has 0 atom stereocenters. The van der Waals surface area contributed by atoms with Crippen LogP contribution in [0.2, 0.25) is 5.02 Å². The maximum absolute atomic E-state index is 12.2. The van der Waals surface area contributed by atoms with Gasteiger partial charge in [0, 0.05) is 23.5 Å². The van der Waals surface area contributed by atoms with E-state index in [1.165, 1.54) is 6.20 Å². The summed E-state index contributed by atoms with van der Waals surface area (Å²) >= 11 is 6.12. The molecule has 0 aliphatic rings. The van der Waals surface area contributed by atoms with Crippen molar-refractivity contribution in [3.8, 4) is 6.07 Å². The molecule has 0 bridgehead atoms. The van der Waals surface area contributed by atoms with E-state index in [4.69, 9.17) is 16.9 Å². The number of nitrogens with one attached hydrogen (secondary N) is 2. The van der Waals surface area contributed by atoms with Gasteiger partial charge in [-0.05, 0) is 48.0 Å². The van der Waals surface area contributed by atoms with E-state index < -0.39 is 0 Å². The van der Waals surface area contributed by atoms with Crippen molar-refractivity contribution >= 4 is 29.0 Å². The molecule has 2 N–H and O–H groups in total. The van der Waals surface area contributed by atoms with Crippen LogP contribution in [0.25, 0.3) is 0 Å². The van der Waals surface area contributed by atoms with Crippen LogP contribution < -0.4 is 10.6 Å². The van der Waals surface area contributed by atoms with E-state index >= 15 is 0 Å². The van der Waals surface area contributed by atoms with Crippen LogP contribution in [0.4, 0.5) is 11.5 Å². The standard InChI is InChI=1S/C20H15ClN4O/c21-18-4-2-1-3-15(18)12-23-19-10-7-16(13-24-19)20(26)25-17-8-5-14(11-22)6-9-17/h1-10,13H,12H2,(H,23,24)(H,25,26). The number of halogens is 1. The molecule has 3 rings (SSSR count). The molecule has 0 saturated carbocycles. The zero-order valence-electron chi connectivity index (χ0n) is 13.7. The Morgan fingerprint density at radius 3 is 2.50 bits per heavy atom. The first kappa shape index (κ1) is 17.5. The Bertz CT molecular complexity index is 947. The zero-order valence-corrected chi connectivity index (χ0v) is 14.5. The summed E-state index contributed by atoms with van der Waals surface area (Å²) in [5.41, 5.74) is 2.57. The first-order valence-electron chi connectivity index (χ1n) is 7.90. The average Bonchev–Trinajstić information content (AvgIpc) is 2.68. The van der Waals surface area contributed by atoms with Gasteiger partial charge in [-0.3, -0.25) is 4.79 Å². The van der Waals surface area contributed by atoms with Gasteiger partial charge >= 0.3 is 0 Å². The van der Waals surface area contributed by atoms with Crippen molar-refractivity contribution in [1.82, 2.24) is 4.98 Å². The van der Waals surface area contributed by atoms with E-state index in [0.717, 1.165) is 5.56 Å². The zero-order chi connectivity index (χ0) is 18.4. The van der Waals surface area contributed by atoms with Gasteiger partial charge in [-0.25, -0.2) is 4.98 Å². The molecule has 5 nitrogen and oxygen atoms in total. The quantitative estimate of drug-likeness (QED) is 0.701. The lowest BCUT2D eigenvalue weighted by Crippen LogP contribution is -2.12. The molecule has 26 heavy (non-hydrogen) atoms. The van der Waals surface area contributed by atoms with Crippen LogP contribution >= 0.6 is 11.6 Å². The van der Waals surface area contributed by atoms with Gasteiger partial charge in [-0.2, -0.15) is 5.26 Å². The summed E-state index contributed by atoms with van der Waals surface area (Å²) in [7, 11) is 0. The highest BCUT2D eigenvalue weighted by atomic mass is 35.5. The maximum atomic E-state index is 12.2.